The monoisotopic (exact) mass is 356 g/mol. The van der Waals surface area contributed by atoms with E-state index in [0.717, 1.165) is 11.3 Å². The molecule has 6 heteroatoms. The maximum Gasteiger partial charge on any atom is 0.338 e. The zero-order chi connectivity index (χ0) is 18.9. The molecule has 0 heterocycles. The Hall–Kier alpha value is -2.86. The number of carbonyl (C=O) groups is 2. The van der Waals surface area contributed by atoms with Crippen LogP contribution in [-0.4, -0.2) is 44.1 Å². The van der Waals surface area contributed by atoms with Crippen molar-refractivity contribution >= 4 is 17.6 Å². The predicted octanol–water partition coefficient (Wildman–Crippen LogP) is 2.94. The van der Waals surface area contributed by atoms with Crippen molar-refractivity contribution in [3.63, 3.8) is 0 Å². The number of hydrogen-bond donors (Lipinski definition) is 1. The molecule has 138 valence electrons. The van der Waals surface area contributed by atoms with Crippen LogP contribution in [0.4, 0.5) is 5.69 Å². The summed E-state index contributed by atoms with van der Waals surface area (Å²) in [7, 11) is 3.51. The van der Waals surface area contributed by atoms with Gasteiger partial charge in [0.1, 0.15) is 5.75 Å². The highest BCUT2D eigenvalue weighted by Gasteiger charge is 2.09. The first-order valence-corrected chi connectivity index (χ1v) is 8.40. The number of likely N-dealkylation sites (N-methyl/N-ethyl adjacent to an activating group) is 1. The van der Waals surface area contributed by atoms with Crippen LogP contribution in [0.2, 0.25) is 0 Å². The first kappa shape index (κ1) is 19.5. The van der Waals surface area contributed by atoms with Gasteiger partial charge in [-0.05, 0) is 55.9 Å². The van der Waals surface area contributed by atoms with Crippen LogP contribution in [-0.2, 0) is 16.1 Å². The quantitative estimate of drug-likeness (QED) is 0.737. The number of esters is 1. The molecule has 0 fully saturated rings. The summed E-state index contributed by atoms with van der Waals surface area (Å²) in [6.07, 6.45) is 0. The number of ether oxygens (including phenoxy) is 2. The van der Waals surface area contributed by atoms with E-state index in [-0.39, 0.29) is 18.4 Å². The molecule has 1 amide bonds. The minimum atomic E-state index is -0.371. The molecule has 2 rings (SSSR count). The second-order valence-corrected chi connectivity index (χ2v) is 5.87. The first-order chi connectivity index (χ1) is 12.5. The Morgan fingerprint density at radius 1 is 1.04 bits per heavy atom. The van der Waals surface area contributed by atoms with Crippen molar-refractivity contribution in [3.05, 3.63) is 59.7 Å². The fraction of sp³-hybridized carbons (Fsp3) is 0.300. The highest BCUT2D eigenvalue weighted by atomic mass is 16.5. The summed E-state index contributed by atoms with van der Waals surface area (Å²) >= 11 is 0. The number of nitrogens with zero attached hydrogens (tertiary/aromatic N) is 1. The fourth-order valence-corrected chi connectivity index (χ4v) is 2.45. The van der Waals surface area contributed by atoms with Crippen LogP contribution in [0.25, 0.3) is 0 Å². The number of amides is 1. The molecular formula is C20H24N2O4. The van der Waals surface area contributed by atoms with Crippen molar-refractivity contribution in [2.24, 2.45) is 0 Å². The fourth-order valence-electron chi connectivity index (χ4n) is 2.45. The van der Waals surface area contributed by atoms with Crippen molar-refractivity contribution in [1.82, 2.24) is 4.90 Å². The molecule has 0 saturated heterocycles. The lowest BCUT2D eigenvalue weighted by Gasteiger charge is -2.16. The van der Waals surface area contributed by atoms with Crippen molar-refractivity contribution in [3.8, 4) is 5.75 Å². The molecule has 0 aliphatic rings. The molecule has 1 N–H and O–H groups in total. The van der Waals surface area contributed by atoms with Gasteiger partial charge in [-0.1, -0.05) is 12.1 Å². The van der Waals surface area contributed by atoms with Crippen molar-refractivity contribution in [2.45, 2.75) is 13.5 Å². The smallest absolute Gasteiger partial charge is 0.338 e. The van der Waals surface area contributed by atoms with Crippen LogP contribution in [0.5, 0.6) is 5.75 Å². The van der Waals surface area contributed by atoms with E-state index >= 15 is 0 Å². The highest BCUT2D eigenvalue weighted by molar-refractivity contribution is 5.94. The molecule has 2 aromatic rings. The molecular weight excluding hydrogens is 332 g/mol. The van der Waals surface area contributed by atoms with Gasteiger partial charge in [-0.25, -0.2) is 4.79 Å². The number of anilines is 1. The average Bonchev–Trinajstić information content (AvgIpc) is 2.63. The number of carbonyl (C=O) groups excluding carboxylic acids is 2. The van der Waals surface area contributed by atoms with Gasteiger partial charge in [0, 0.05) is 12.2 Å². The lowest BCUT2D eigenvalue weighted by Crippen LogP contribution is -2.29. The molecule has 0 radical (unpaired) electrons. The normalized spacial score (nSPS) is 10.5. The number of benzene rings is 2. The van der Waals surface area contributed by atoms with E-state index in [2.05, 4.69) is 5.32 Å². The Labute approximate surface area is 153 Å². The molecule has 2 aromatic carbocycles. The van der Waals surface area contributed by atoms with Gasteiger partial charge in [0.2, 0.25) is 5.91 Å². The number of hydrogen-bond acceptors (Lipinski definition) is 5. The van der Waals surface area contributed by atoms with Gasteiger partial charge in [-0.2, -0.15) is 0 Å². The maximum absolute atomic E-state index is 12.2. The van der Waals surface area contributed by atoms with E-state index in [0.29, 0.717) is 24.4 Å². The highest BCUT2D eigenvalue weighted by Crippen LogP contribution is 2.13. The summed E-state index contributed by atoms with van der Waals surface area (Å²) < 4.78 is 10.1. The van der Waals surface area contributed by atoms with E-state index in [9.17, 15) is 9.59 Å². The minimum Gasteiger partial charge on any atom is -0.497 e. The molecule has 6 nitrogen and oxygen atoms in total. The predicted molar refractivity (Wildman–Crippen MR) is 100 cm³/mol. The molecule has 0 unspecified atom stereocenters. The summed E-state index contributed by atoms with van der Waals surface area (Å²) in [4.78, 5) is 25.7. The third-order valence-electron chi connectivity index (χ3n) is 3.70. The Morgan fingerprint density at radius 3 is 2.27 bits per heavy atom. The molecule has 0 bridgehead atoms. The molecule has 0 spiro atoms. The zero-order valence-electron chi connectivity index (χ0n) is 15.3. The van der Waals surface area contributed by atoms with E-state index < -0.39 is 0 Å². The van der Waals surface area contributed by atoms with Gasteiger partial charge in [0.05, 0.1) is 25.8 Å². The molecule has 0 saturated carbocycles. The Kier molecular flexibility index (Phi) is 7.17. The lowest BCUT2D eigenvalue weighted by atomic mass is 10.2. The Bertz CT molecular complexity index is 726. The summed E-state index contributed by atoms with van der Waals surface area (Å²) in [5, 5.41) is 2.82. The number of rotatable bonds is 8. The van der Waals surface area contributed by atoms with Gasteiger partial charge < -0.3 is 14.8 Å². The third kappa shape index (κ3) is 5.89. The van der Waals surface area contributed by atoms with Gasteiger partial charge in [-0.3, -0.25) is 9.69 Å². The van der Waals surface area contributed by atoms with Crippen LogP contribution in [0.3, 0.4) is 0 Å². The molecule has 0 aliphatic carbocycles. The summed E-state index contributed by atoms with van der Waals surface area (Å²) in [6, 6.07) is 14.4. The van der Waals surface area contributed by atoms with Gasteiger partial charge >= 0.3 is 5.97 Å². The first-order valence-electron chi connectivity index (χ1n) is 8.40. The standard InChI is InChI=1S/C20H24N2O4/c1-4-26-20(24)16-7-9-17(10-8-16)21-19(23)14-22(2)13-15-5-11-18(25-3)12-6-15/h5-12H,4,13-14H2,1-3H3,(H,21,23). The number of nitrogens with one attached hydrogen (secondary N) is 1. The van der Waals surface area contributed by atoms with Crippen molar-refractivity contribution in [1.29, 1.82) is 0 Å². The van der Waals surface area contributed by atoms with E-state index in [1.165, 1.54) is 0 Å². The third-order valence-corrected chi connectivity index (χ3v) is 3.70. The van der Waals surface area contributed by atoms with Crippen LogP contribution < -0.4 is 10.1 Å². The number of methoxy groups -OCH3 is 1. The lowest BCUT2D eigenvalue weighted by molar-refractivity contribution is -0.117. The van der Waals surface area contributed by atoms with Crippen LogP contribution in [0, 0.1) is 0 Å². The van der Waals surface area contributed by atoms with Gasteiger partial charge in [0.15, 0.2) is 0 Å². The topological polar surface area (TPSA) is 67.9 Å². The second kappa shape index (κ2) is 9.58. The maximum atomic E-state index is 12.2. The van der Waals surface area contributed by atoms with E-state index in [1.807, 2.05) is 36.2 Å². The largest absolute Gasteiger partial charge is 0.497 e. The van der Waals surface area contributed by atoms with Gasteiger partial charge in [-0.15, -0.1) is 0 Å². The molecule has 0 atom stereocenters. The zero-order valence-corrected chi connectivity index (χ0v) is 15.3. The summed E-state index contributed by atoms with van der Waals surface area (Å²) in [5.74, 6) is 0.315. The average molecular weight is 356 g/mol. The van der Waals surface area contributed by atoms with Gasteiger partial charge in [0.25, 0.3) is 0 Å². The summed E-state index contributed by atoms with van der Waals surface area (Å²) in [6.45, 7) is 3.00. The van der Waals surface area contributed by atoms with E-state index in [4.69, 9.17) is 9.47 Å². The molecule has 0 aromatic heterocycles. The van der Waals surface area contributed by atoms with E-state index in [1.54, 1.807) is 38.3 Å². The Balaban J connectivity index is 1.84. The molecule has 26 heavy (non-hydrogen) atoms. The van der Waals surface area contributed by atoms with Crippen molar-refractivity contribution < 1.29 is 19.1 Å². The molecule has 0 aliphatic heterocycles. The Morgan fingerprint density at radius 2 is 1.69 bits per heavy atom. The van der Waals surface area contributed by atoms with Crippen LogP contribution in [0.15, 0.2) is 48.5 Å². The minimum absolute atomic E-state index is 0.120. The van der Waals surface area contributed by atoms with Crippen LogP contribution in [0.1, 0.15) is 22.8 Å². The SMILES string of the molecule is CCOC(=O)c1ccc(NC(=O)CN(C)Cc2ccc(OC)cc2)cc1. The summed E-state index contributed by atoms with van der Waals surface area (Å²) in [5.41, 5.74) is 2.20. The van der Waals surface area contributed by atoms with Crippen LogP contribution >= 0.6 is 0 Å². The second-order valence-electron chi connectivity index (χ2n) is 5.87. The van der Waals surface area contributed by atoms with Crippen molar-refractivity contribution in [2.75, 3.05) is 32.6 Å².